The molecule has 1 aromatic rings. The second-order valence-corrected chi connectivity index (χ2v) is 8.10. The minimum Gasteiger partial charge on any atom is -0.448 e. The number of alkyl carbamates (subject to hydrolysis) is 1. The average Bonchev–Trinajstić information content (AvgIpc) is 2.78. The molecule has 0 saturated carbocycles. The van der Waals surface area contributed by atoms with Crippen molar-refractivity contribution in [2.75, 3.05) is 39.5 Å². The van der Waals surface area contributed by atoms with E-state index in [9.17, 15) is 14.0 Å². The van der Waals surface area contributed by atoms with Gasteiger partial charge in [-0.2, -0.15) is 0 Å². The Hall–Kier alpha value is -2.19. The highest BCUT2D eigenvalue weighted by atomic mass is 19.1. The van der Waals surface area contributed by atoms with E-state index in [1.54, 1.807) is 18.2 Å². The normalized spacial score (nSPS) is 19.8. The van der Waals surface area contributed by atoms with Gasteiger partial charge in [0.1, 0.15) is 12.4 Å². The molecule has 2 aliphatic rings. The van der Waals surface area contributed by atoms with Gasteiger partial charge in [0.15, 0.2) is 0 Å². The van der Waals surface area contributed by atoms with Crippen LogP contribution in [0.25, 0.3) is 0 Å². The van der Waals surface area contributed by atoms with Gasteiger partial charge in [-0.15, -0.1) is 0 Å². The van der Waals surface area contributed by atoms with Crippen LogP contribution in [0.5, 0.6) is 0 Å². The summed E-state index contributed by atoms with van der Waals surface area (Å²) in [6.07, 6.45) is 2.21. The van der Waals surface area contributed by atoms with Crippen molar-refractivity contribution < 1.29 is 23.5 Å². The number of benzene rings is 1. The van der Waals surface area contributed by atoms with Crippen LogP contribution in [-0.2, 0) is 20.8 Å². The lowest BCUT2D eigenvalue weighted by Crippen LogP contribution is -2.49. The van der Waals surface area contributed by atoms with Gasteiger partial charge in [-0.3, -0.25) is 4.79 Å². The summed E-state index contributed by atoms with van der Waals surface area (Å²) in [6, 6.07) is 6.44. The van der Waals surface area contributed by atoms with E-state index in [1.807, 2.05) is 0 Å². The number of hydrogen-bond acceptors (Lipinski definition) is 5. The quantitative estimate of drug-likeness (QED) is 0.707. The monoisotopic (exact) mass is 421 g/mol. The predicted molar refractivity (Wildman–Crippen MR) is 110 cm³/mol. The zero-order valence-electron chi connectivity index (χ0n) is 17.6. The smallest absolute Gasteiger partial charge is 0.407 e. The lowest BCUT2D eigenvalue weighted by Gasteiger charge is -2.35. The van der Waals surface area contributed by atoms with Crippen molar-refractivity contribution in [2.45, 2.75) is 45.2 Å². The number of piperidine rings is 1. The average molecular weight is 422 g/mol. The molecule has 0 aromatic heterocycles. The highest BCUT2D eigenvalue weighted by molar-refractivity contribution is 5.83. The largest absolute Gasteiger partial charge is 0.448 e. The highest BCUT2D eigenvalue weighted by Gasteiger charge is 2.41. The fourth-order valence-corrected chi connectivity index (χ4v) is 4.01. The Morgan fingerprint density at radius 1 is 1.23 bits per heavy atom. The SMILES string of the molecule is CCN1CCC(NC(=O)OCC2(C(=O)NCc3ccccc3F)CCOCC2)CC1. The summed E-state index contributed by atoms with van der Waals surface area (Å²) in [5.41, 5.74) is -0.433. The van der Waals surface area contributed by atoms with Gasteiger partial charge in [-0.25, -0.2) is 9.18 Å². The maximum atomic E-state index is 13.8. The van der Waals surface area contributed by atoms with E-state index in [1.165, 1.54) is 6.07 Å². The van der Waals surface area contributed by atoms with Crippen LogP contribution in [0.4, 0.5) is 9.18 Å². The number of rotatable bonds is 7. The summed E-state index contributed by atoms with van der Waals surface area (Å²) in [5, 5.41) is 5.74. The molecule has 3 rings (SSSR count). The summed E-state index contributed by atoms with van der Waals surface area (Å²) in [5.74, 6) is -0.596. The van der Waals surface area contributed by atoms with E-state index in [2.05, 4.69) is 22.5 Å². The Balaban J connectivity index is 1.52. The third-order valence-corrected chi connectivity index (χ3v) is 6.17. The summed E-state index contributed by atoms with van der Waals surface area (Å²) in [6.45, 7) is 6.00. The summed E-state index contributed by atoms with van der Waals surface area (Å²) >= 11 is 0. The Kier molecular flexibility index (Phi) is 8.04. The summed E-state index contributed by atoms with van der Waals surface area (Å²) < 4.78 is 24.7. The molecule has 0 unspecified atom stereocenters. The van der Waals surface area contributed by atoms with Crippen LogP contribution in [0.3, 0.4) is 0 Å². The molecule has 8 heteroatoms. The molecule has 0 bridgehead atoms. The number of likely N-dealkylation sites (tertiary alicyclic amines) is 1. The van der Waals surface area contributed by atoms with Crippen molar-refractivity contribution in [2.24, 2.45) is 5.41 Å². The number of hydrogen-bond donors (Lipinski definition) is 2. The number of carbonyl (C=O) groups excluding carboxylic acids is 2. The van der Waals surface area contributed by atoms with Gasteiger partial charge in [0.05, 0.1) is 5.41 Å². The first-order valence-corrected chi connectivity index (χ1v) is 10.8. The topological polar surface area (TPSA) is 79.9 Å². The third-order valence-electron chi connectivity index (χ3n) is 6.17. The molecule has 166 valence electrons. The van der Waals surface area contributed by atoms with Crippen molar-refractivity contribution in [1.29, 1.82) is 0 Å². The molecular weight excluding hydrogens is 389 g/mol. The number of nitrogens with zero attached hydrogens (tertiary/aromatic N) is 1. The number of halogens is 1. The van der Waals surface area contributed by atoms with Gasteiger partial charge >= 0.3 is 6.09 Å². The fraction of sp³-hybridized carbons (Fsp3) is 0.636. The lowest BCUT2D eigenvalue weighted by atomic mass is 9.80. The molecule has 2 amide bonds. The first kappa shape index (κ1) is 22.5. The van der Waals surface area contributed by atoms with Crippen molar-refractivity contribution in [3.8, 4) is 0 Å². The van der Waals surface area contributed by atoms with Gasteiger partial charge in [-0.05, 0) is 38.3 Å². The number of carbonyl (C=O) groups is 2. The molecule has 2 heterocycles. The molecule has 7 nitrogen and oxygen atoms in total. The predicted octanol–water partition coefficient (Wildman–Crippen LogP) is 2.45. The lowest BCUT2D eigenvalue weighted by molar-refractivity contribution is -0.140. The first-order chi connectivity index (χ1) is 14.5. The number of ether oxygens (including phenoxy) is 2. The molecule has 0 spiro atoms. The summed E-state index contributed by atoms with van der Waals surface area (Å²) in [4.78, 5) is 27.7. The van der Waals surface area contributed by atoms with Crippen LogP contribution in [0.1, 0.15) is 38.2 Å². The van der Waals surface area contributed by atoms with Crippen molar-refractivity contribution in [1.82, 2.24) is 15.5 Å². The highest BCUT2D eigenvalue weighted by Crippen LogP contribution is 2.31. The molecular formula is C22H32FN3O4. The van der Waals surface area contributed by atoms with E-state index in [4.69, 9.17) is 9.47 Å². The van der Waals surface area contributed by atoms with E-state index >= 15 is 0 Å². The first-order valence-electron chi connectivity index (χ1n) is 10.8. The van der Waals surface area contributed by atoms with E-state index in [0.29, 0.717) is 31.6 Å². The third kappa shape index (κ3) is 5.92. The molecule has 0 atom stereocenters. The van der Waals surface area contributed by atoms with Crippen molar-refractivity contribution in [3.63, 3.8) is 0 Å². The zero-order valence-corrected chi connectivity index (χ0v) is 17.6. The van der Waals surface area contributed by atoms with E-state index < -0.39 is 11.5 Å². The Bertz CT molecular complexity index is 716. The van der Waals surface area contributed by atoms with Gasteiger partial charge in [0.2, 0.25) is 5.91 Å². The van der Waals surface area contributed by atoms with Crippen LogP contribution >= 0.6 is 0 Å². The Morgan fingerprint density at radius 3 is 2.60 bits per heavy atom. The molecule has 2 fully saturated rings. The molecule has 1 aromatic carbocycles. The maximum absolute atomic E-state index is 13.8. The second kappa shape index (κ2) is 10.7. The second-order valence-electron chi connectivity index (χ2n) is 8.10. The van der Waals surface area contributed by atoms with Crippen molar-refractivity contribution >= 4 is 12.0 Å². The Morgan fingerprint density at radius 2 is 1.93 bits per heavy atom. The maximum Gasteiger partial charge on any atom is 0.407 e. The molecule has 2 N–H and O–H groups in total. The molecule has 2 saturated heterocycles. The van der Waals surface area contributed by atoms with Gasteiger partial charge in [-0.1, -0.05) is 25.1 Å². The van der Waals surface area contributed by atoms with Gasteiger partial charge in [0, 0.05) is 44.5 Å². The fourth-order valence-electron chi connectivity index (χ4n) is 4.01. The number of nitrogens with one attached hydrogen (secondary N) is 2. The Labute approximate surface area is 177 Å². The van der Waals surface area contributed by atoms with Crippen LogP contribution in [0.15, 0.2) is 24.3 Å². The number of amides is 2. The zero-order chi connectivity index (χ0) is 21.4. The van der Waals surface area contributed by atoms with Crippen LogP contribution < -0.4 is 10.6 Å². The van der Waals surface area contributed by atoms with Gasteiger partial charge in [0.25, 0.3) is 0 Å². The van der Waals surface area contributed by atoms with E-state index in [-0.39, 0.29) is 30.9 Å². The van der Waals surface area contributed by atoms with Crippen LogP contribution in [0, 0.1) is 11.2 Å². The summed E-state index contributed by atoms with van der Waals surface area (Å²) in [7, 11) is 0. The molecule has 0 radical (unpaired) electrons. The van der Waals surface area contributed by atoms with Crippen molar-refractivity contribution in [3.05, 3.63) is 35.6 Å². The standard InChI is InChI=1S/C22H32FN3O4/c1-2-26-11-7-18(8-12-26)25-21(28)30-16-22(9-13-29-14-10-22)20(27)24-15-17-5-3-4-6-19(17)23/h3-6,18H,2,7-16H2,1H3,(H,24,27)(H,25,28). The molecule has 2 aliphatic heterocycles. The van der Waals surface area contributed by atoms with E-state index in [0.717, 1.165) is 32.5 Å². The molecule has 30 heavy (non-hydrogen) atoms. The van der Waals surface area contributed by atoms with Crippen LogP contribution in [-0.4, -0.2) is 62.4 Å². The minimum absolute atomic E-state index is 0.0148. The minimum atomic E-state index is -0.855. The molecule has 0 aliphatic carbocycles. The van der Waals surface area contributed by atoms with Gasteiger partial charge < -0.3 is 25.0 Å². The van der Waals surface area contributed by atoms with Crippen LogP contribution in [0.2, 0.25) is 0 Å².